The first kappa shape index (κ1) is 30.1. The molecule has 4 nitrogen and oxygen atoms in total. The summed E-state index contributed by atoms with van der Waals surface area (Å²) in [6.45, 7) is 10.2. The number of carbonyl (C=O) groups is 1. The van der Waals surface area contributed by atoms with Crippen molar-refractivity contribution in [3.63, 3.8) is 0 Å². The molecule has 1 aliphatic rings. The first-order valence-electron chi connectivity index (χ1n) is 14.7. The van der Waals surface area contributed by atoms with E-state index in [1.54, 1.807) is 7.11 Å². The molecule has 0 bridgehead atoms. The minimum absolute atomic E-state index is 0.0202. The number of Topliss-reactive ketones (excluding diaryl/α,β-unsaturated/α-hetero) is 1. The highest BCUT2D eigenvalue weighted by atomic mass is 28.3. The van der Waals surface area contributed by atoms with Gasteiger partial charge in [-0.15, -0.1) is 0 Å². The molecule has 0 aliphatic heterocycles. The quantitative estimate of drug-likeness (QED) is 0.129. The highest BCUT2D eigenvalue weighted by Crippen LogP contribution is 2.36. The Morgan fingerprint density at radius 2 is 1.48 bits per heavy atom. The van der Waals surface area contributed by atoms with Crippen LogP contribution in [-0.4, -0.2) is 41.0 Å². The van der Waals surface area contributed by atoms with Gasteiger partial charge in [0.25, 0.3) is 0 Å². The van der Waals surface area contributed by atoms with Crippen LogP contribution in [0.3, 0.4) is 0 Å². The van der Waals surface area contributed by atoms with Crippen LogP contribution in [0.4, 0.5) is 0 Å². The van der Waals surface area contributed by atoms with Gasteiger partial charge >= 0.3 is 0 Å². The van der Waals surface area contributed by atoms with Crippen LogP contribution in [-0.2, 0) is 4.74 Å². The summed E-state index contributed by atoms with van der Waals surface area (Å²) in [7, 11) is 0.610. The van der Waals surface area contributed by atoms with Crippen LogP contribution in [0.2, 0.25) is 5.04 Å². The summed E-state index contributed by atoms with van der Waals surface area (Å²) in [5, 5.41) is 2.90. The van der Waals surface area contributed by atoms with E-state index in [9.17, 15) is 4.79 Å². The third-order valence-corrected chi connectivity index (χ3v) is 11.3. The average Bonchev–Trinajstić information content (AvgIpc) is 2.96. The third kappa shape index (κ3) is 7.85. The van der Waals surface area contributed by atoms with E-state index in [0.717, 1.165) is 50.9 Å². The molecule has 0 heterocycles. The largest absolute Gasteiger partial charge is 0.493 e. The molecule has 213 valence electrons. The van der Waals surface area contributed by atoms with Crippen LogP contribution >= 0.6 is 0 Å². The van der Waals surface area contributed by atoms with E-state index in [1.165, 1.54) is 10.4 Å². The number of rotatable bonds is 13. The Hall–Kier alpha value is -2.89. The maximum atomic E-state index is 13.3. The third-order valence-electron chi connectivity index (χ3n) is 7.96. The topological polar surface area (TPSA) is 44.8 Å². The molecule has 1 radical (unpaired) electrons. The fraction of sp³-hybridized carbons (Fsp3) is 0.457. The lowest BCUT2D eigenvalue weighted by Gasteiger charge is -2.34. The smallest absolute Gasteiger partial charge is 0.166 e. The average molecular weight is 558 g/mol. The highest BCUT2D eigenvalue weighted by molar-refractivity contribution is 6.87. The van der Waals surface area contributed by atoms with Gasteiger partial charge in [0.05, 0.1) is 13.2 Å². The molecule has 1 saturated carbocycles. The van der Waals surface area contributed by atoms with Gasteiger partial charge in [-0.3, -0.25) is 4.79 Å². The van der Waals surface area contributed by atoms with Gasteiger partial charge < -0.3 is 14.2 Å². The molecule has 5 heteroatoms. The van der Waals surface area contributed by atoms with E-state index in [1.807, 2.05) is 32.0 Å². The first-order valence-corrected chi connectivity index (χ1v) is 16.2. The van der Waals surface area contributed by atoms with Crippen molar-refractivity contribution in [2.45, 2.75) is 70.9 Å². The van der Waals surface area contributed by atoms with Crippen LogP contribution in [0, 0.1) is 11.8 Å². The predicted molar refractivity (Wildman–Crippen MR) is 166 cm³/mol. The fourth-order valence-corrected chi connectivity index (χ4v) is 9.13. The van der Waals surface area contributed by atoms with Crippen LogP contribution in [0.1, 0.15) is 70.2 Å². The van der Waals surface area contributed by atoms with Crippen molar-refractivity contribution in [1.29, 1.82) is 0 Å². The first-order chi connectivity index (χ1) is 19.3. The van der Waals surface area contributed by atoms with E-state index in [0.29, 0.717) is 17.4 Å². The van der Waals surface area contributed by atoms with E-state index in [-0.39, 0.29) is 22.8 Å². The minimum Gasteiger partial charge on any atom is -0.493 e. The SMILES string of the molecule is COc1ccc(C(=O)C2CCC(CCOCC(C)(C)[Si](c3ccccc3)c3ccccc3)CC2)cc1OC(C)C. The van der Waals surface area contributed by atoms with Crippen molar-refractivity contribution < 1.29 is 19.0 Å². The van der Waals surface area contributed by atoms with Crippen LogP contribution < -0.4 is 19.8 Å². The molecular weight excluding hydrogens is 512 g/mol. The van der Waals surface area contributed by atoms with E-state index in [4.69, 9.17) is 14.2 Å². The van der Waals surface area contributed by atoms with Crippen molar-refractivity contribution in [1.82, 2.24) is 0 Å². The zero-order valence-electron chi connectivity index (χ0n) is 24.8. The van der Waals surface area contributed by atoms with Crippen molar-refractivity contribution in [2.75, 3.05) is 20.3 Å². The Labute approximate surface area is 242 Å². The Bertz CT molecular complexity index is 1160. The predicted octanol–water partition coefficient (Wildman–Crippen LogP) is 6.97. The number of benzene rings is 3. The lowest BCUT2D eigenvalue weighted by atomic mass is 9.77. The maximum Gasteiger partial charge on any atom is 0.166 e. The second-order valence-corrected chi connectivity index (χ2v) is 15.2. The standard InChI is InChI=1S/C35H45O4Si/c1-26(2)39-33-24-29(20-21-32(33)37-5)34(36)28-18-16-27(17-19-28)22-23-38-25-35(3,4)40(30-12-8-6-9-13-30)31-14-10-7-11-15-31/h6-15,20-21,24,26-28H,16-19,22-23,25H2,1-5H3. The van der Waals surface area contributed by atoms with Gasteiger partial charge in [-0.2, -0.15) is 0 Å². The van der Waals surface area contributed by atoms with Gasteiger partial charge in [0.2, 0.25) is 0 Å². The van der Waals surface area contributed by atoms with Gasteiger partial charge in [-0.25, -0.2) is 0 Å². The molecular formula is C35H45O4Si. The number of hydrogen-bond acceptors (Lipinski definition) is 4. The number of ketones is 1. The van der Waals surface area contributed by atoms with Crippen LogP contribution in [0.25, 0.3) is 0 Å². The summed E-state index contributed by atoms with van der Waals surface area (Å²) < 4.78 is 17.7. The molecule has 0 N–H and O–H groups in total. The summed E-state index contributed by atoms with van der Waals surface area (Å²) in [6.07, 6.45) is 5.12. The van der Waals surface area contributed by atoms with E-state index in [2.05, 4.69) is 74.5 Å². The Kier molecular flexibility index (Phi) is 10.6. The zero-order valence-corrected chi connectivity index (χ0v) is 25.8. The molecule has 1 aliphatic carbocycles. The van der Waals surface area contributed by atoms with Gasteiger partial charge in [0.15, 0.2) is 17.3 Å². The van der Waals surface area contributed by atoms with E-state index < -0.39 is 8.80 Å². The van der Waals surface area contributed by atoms with Crippen molar-refractivity contribution in [2.24, 2.45) is 11.8 Å². The van der Waals surface area contributed by atoms with E-state index >= 15 is 0 Å². The molecule has 4 rings (SSSR count). The Morgan fingerprint density at radius 1 is 0.875 bits per heavy atom. The summed E-state index contributed by atoms with van der Waals surface area (Å²) in [4.78, 5) is 13.3. The molecule has 0 atom stereocenters. The normalized spacial score (nSPS) is 17.7. The zero-order chi connectivity index (χ0) is 28.5. The molecule has 3 aromatic rings. The molecule has 3 aromatic carbocycles. The Morgan fingerprint density at radius 3 is 2.02 bits per heavy atom. The molecule has 0 amide bonds. The monoisotopic (exact) mass is 557 g/mol. The van der Waals surface area contributed by atoms with Crippen molar-refractivity contribution in [3.05, 3.63) is 84.4 Å². The fourth-order valence-electron chi connectivity index (χ4n) is 5.93. The van der Waals surface area contributed by atoms with Crippen LogP contribution in [0.5, 0.6) is 11.5 Å². The molecule has 0 aromatic heterocycles. The van der Waals surface area contributed by atoms with Crippen molar-refractivity contribution in [3.8, 4) is 11.5 Å². The molecule has 0 saturated heterocycles. The lowest BCUT2D eigenvalue weighted by Crippen LogP contribution is -2.51. The van der Waals surface area contributed by atoms with Gasteiger partial charge in [-0.05, 0) is 75.1 Å². The molecule has 0 unspecified atom stereocenters. The Balaban J connectivity index is 1.27. The van der Waals surface area contributed by atoms with Gasteiger partial charge in [-0.1, -0.05) is 84.9 Å². The number of methoxy groups -OCH3 is 1. The summed E-state index contributed by atoms with van der Waals surface area (Å²) in [5.41, 5.74) is 0.722. The van der Waals surface area contributed by atoms with Gasteiger partial charge in [0.1, 0.15) is 8.80 Å². The second kappa shape index (κ2) is 14.1. The maximum absolute atomic E-state index is 13.3. The summed E-state index contributed by atoms with van der Waals surface area (Å²) >= 11 is 0. The number of ether oxygens (including phenoxy) is 3. The second-order valence-electron chi connectivity index (χ2n) is 11.9. The molecule has 1 fully saturated rings. The molecule has 40 heavy (non-hydrogen) atoms. The highest BCUT2D eigenvalue weighted by Gasteiger charge is 2.35. The number of carbonyl (C=O) groups excluding carboxylic acids is 1. The lowest BCUT2D eigenvalue weighted by molar-refractivity contribution is 0.0808. The molecule has 0 spiro atoms. The summed E-state index contributed by atoms with van der Waals surface area (Å²) in [5.74, 6) is 2.23. The summed E-state index contributed by atoms with van der Waals surface area (Å²) in [6, 6.07) is 27.4. The van der Waals surface area contributed by atoms with Crippen LogP contribution in [0.15, 0.2) is 78.9 Å². The minimum atomic E-state index is -1.02. The number of hydrogen-bond donors (Lipinski definition) is 0. The van der Waals surface area contributed by atoms with Gasteiger partial charge in [0, 0.05) is 24.7 Å². The van der Waals surface area contributed by atoms with Crippen molar-refractivity contribution >= 4 is 25.0 Å².